The van der Waals surface area contributed by atoms with Gasteiger partial charge in [0.2, 0.25) is 5.91 Å². The first kappa shape index (κ1) is 8.32. The average molecular weight is 168 g/mol. The summed E-state index contributed by atoms with van der Waals surface area (Å²) in [5, 5.41) is 4.37. The van der Waals surface area contributed by atoms with Gasteiger partial charge >= 0.3 is 6.18 Å². The Morgan fingerprint density at radius 1 is 1.45 bits per heavy atom. The second-order valence-corrected chi connectivity index (χ2v) is 2.28. The second kappa shape index (κ2) is 2.69. The summed E-state index contributed by atoms with van der Waals surface area (Å²) in [6.07, 6.45) is -4.85. The molecule has 3 nitrogen and oxygen atoms in total. The van der Waals surface area contributed by atoms with Gasteiger partial charge in [0, 0.05) is 0 Å². The van der Waals surface area contributed by atoms with Crippen molar-refractivity contribution in [2.75, 3.05) is 6.67 Å². The molecule has 0 aromatic rings. The molecule has 0 aromatic heterocycles. The van der Waals surface area contributed by atoms with Gasteiger partial charge < -0.3 is 5.32 Å². The summed E-state index contributed by atoms with van der Waals surface area (Å²) < 4.78 is 35.6. The molecule has 0 aromatic carbocycles. The lowest BCUT2D eigenvalue weighted by Gasteiger charge is -2.25. The van der Waals surface area contributed by atoms with E-state index < -0.39 is 24.5 Å². The minimum absolute atomic E-state index is 0.108. The fourth-order valence-corrected chi connectivity index (χ4v) is 0.834. The molecule has 0 spiro atoms. The molecule has 1 rings (SSSR count). The van der Waals surface area contributed by atoms with Crippen molar-refractivity contribution in [3.63, 3.8) is 0 Å². The first-order valence-corrected chi connectivity index (χ1v) is 3.07. The van der Waals surface area contributed by atoms with Crippen LogP contribution >= 0.6 is 0 Å². The molecular weight excluding hydrogens is 161 g/mol. The molecule has 64 valence electrons. The minimum Gasteiger partial charge on any atom is -0.343 e. The van der Waals surface area contributed by atoms with Crippen LogP contribution in [0.2, 0.25) is 0 Å². The minimum atomic E-state index is -4.32. The second-order valence-electron chi connectivity index (χ2n) is 2.28. The van der Waals surface area contributed by atoms with E-state index in [-0.39, 0.29) is 6.67 Å². The zero-order valence-electron chi connectivity index (χ0n) is 5.53. The van der Waals surface area contributed by atoms with Crippen molar-refractivity contribution in [3.8, 4) is 0 Å². The van der Waals surface area contributed by atoms with E-state index in [1.807, 2.05) is 0 Å². The monoisotopic (exact) mass is 168 g/mol. The first-order chi connectivity index (χ1) is 5.00. The summed E-state index contributed by atoms with van der Waals surface area (Å²) in [7, 11) is 0. The van der Waals surface area contributed by atoms with Gasteiger partial charge in [-0.3, -0.25) is 10.1 Å². The number of amides is 1. The topological polar surface area (TPSA) is 41.1 Å². The molecular formula is C5H7F3N2O. The molecule has 0 saturated carbocycles. The maximum absolute atomic E-state index is 11.9. The van der Waals surface area contributed by atoms with E-state index in [0.29, 0.717) is 0 Å². The molecule has 1 fully saturated rings. The number of carbonyl (C=O) groups is 1. The summed E-state index contributed by atoms with van der Waals surface area (Å²) in [4.78, 5) is 10.5. The third-order valence-corrected chi connectivity index (χ3v) is 1.42. The number of alkyl halides is 3. The number of nitrogens with one attached hydrogen (secondary N) is 2. The molecule has 1 heterocycles. The van der Waals surface area contributed by atoms with E-state index in [2.05, 4.69) is 10.6 Å². The van der Waals surface area contributed by atoms with Crippen LogP contribution < -0.4 is 10.6 Å². The summed E-state index contributed by atoms with van der Waals surface area (Å²) in [6, 6.07) is -1.68. The van der Waals surface area contributed by atoms with Crippen LogP contribution in [0, 0.1) is 0 Å². The van der Waals surface area contributed by atoms with Crippen molar-refractivity contribution >= 4 is 5.91 Å². The van der Waals surface area contributed by atoms with Gasteiger partial charge in [0.25, 0.3) is 0 Å². The van der Waals surface area contributed by atoms with Crippen molar-refractivity contribution in [2.45, 2.75) is 18.6 Å². The van der Waals surface area contributed by atoms with Crippen LogP contribution in [0.3, 0.4) is 0 Å². The Kier molecular flexibility index (Phi) is 2.03. The molecule has 2 N–H and O–H groups in total. The van der Waals surface area contributed by atoms with Crippen LogP contribution in [-0.2, 0) is 4.79 Å². The fourth-order valence-electron chi connectivity index (χ4n) is 0.834. The Hall–Kier alpha value is -0.780. The lowest BCUT2D eigenvalue weighted by Crippen LogP contribution is -2.54. The van der Waals surface area contributed by atoms with E-state index in [1.54, 1.807) is 0 Å². The molecule has 6 heteroatoms. The highest BCUT2D eigenvalue weighted by Gasteiger charge is 2.41. The third-order valence-electron chi connectivity index (χ3n) is 1.42. The lowest BCUT2D eigenvalue weighted by molar-refractivity contribution is -0.166. The van der Waals surface area contributed by atoms with Crippen molar-refractivity contribution in [2.24, 2.45) is 0 Å². The standard InChI is InChI=1S/C5H7F3N2O/c6-5(7,8)3-1-4(11)10-2-9-3/h3,9H,1-2H2,(H,10,11). The zero-order valence-corrected chi connectivity index (χ0v) is 5.53. The van der Waals surface area contributed by atoms with Crippen molar-refractivity contribution in [3.05, 3.63) is 0 Å². The average Bonchev–Trinajstić information content (AvgIpc) is 1.86. The van der Waals surface area contributed by atoms with E-state index in [9.17, 15) is 18.0 Å². The maximum atomic E-state index is 11.9. The van der Waals surface area contributed by atoms with Gasteiger partial charge in [-0.2, -0.15) is 13.2 Å². The molecule has 0 bridgehead atoms. The molecule has 1 aliphatic heterocycles. The van der Waals surface area contributed by atoms with Crippen molar-refractivity contribution in [1.82, 2.24) is 10.6 Å². The Morgan fingerprint density at radius 3 is 2.45 bits per heavy atom. The van der Waals surface area contributed by atoms with E-state index >= 15 is 0 Å². The third kappa shape index (κ3) is 2.07. The Labute approximate surface area is 61.0 Å². The van der Waals surface area contributed by atoms with Gasteiger partial charge in [0.15, 0.2) is 0 Å². The SMILES string of the molecule is O=C1CC(C(F)(F)F)NCN1. The Balaban J connectivity index is 2.53. The normalized spacial score (nSPS) is 26.5. The van der Waals surface area contributed by atoms with Crippen LogP contribution in [0.4, 0.5) is 13.2 Å². The number of rotatable bonds is 0. The Morgan fingerprint density at radius 2 is 2.09 bits per heavy atom. The molecule has 1 atom stereocenters. The molecule has 0 radical (unpaired) electrons. The summed E-state index contributed by atoms with van der Waals surface area (Å²) in [5.74, 6) is -0.564. The van der Waals surface area contributed by atoms with Crippen LogP contribution in [-0.4, -0.2) is 24.8 Å². The molecule has 0 aliphatic carbocycles. The van der Waals surface area contributed by atoms with Gasteiger partial charge in [-0.05, 0) is 0 Å². The lowest BCUT2D eigenvalue weighted by atomic mass is 10.1. The molecule has 1 unspecified atom stereocenters. The summed E-state index contributed by atoms with van der Waals surface area (Å²) in [6.45, 7) is -0.108. The predicted molar refractivity (Wildman–Crippen MR) is 30.6 cm³/mol. The van der Waals surface area contributed by atoms with E-state index in [0.717, 1.165) is 0 Å². The Bertz CT molecular complexity index is 168. The van der Waals surface area contributed by atoms with Gasteiger partial charge in [0.05, 0.1) is 13.1 Å². The zero-order chi connectivity index (χ0) is 8.48. The fraction of sp³-hybridized carbons (Fsp3) is 0.800. The van der Waals surface area contributed by atoms with Crippen molar-refractivity contribution < 1.29 is 18.0 Å². The van der Waals surface area contributed by atoms with Gasteiger partial charge in [-0.15, -0.1) is 0 Å². The molecule has 1 aliphatic rings. The number of hydrogen-bond donors (Lipinski definition) is 2. The molecule has 1 saturated heterocycles. The van der Waals surface area contributed by atoms with Crippen LogP contribution in [0.25, 0.3) is 0 Å². The van der Waals surface area contributed by atoms with E-state index in [4.69, 9.17) is 0 Å². The van der Waals surface area contributed by atoms with Gasteiger partial charge in [0.1, 0.15) is 6.04 Å². The highest BCUT2D eigenvalue weighted by atomic mass is 19.4. The van der Waals surface area contributed by atoms with Crippen LogP contribution in [0.15, 0.2) is 0 Å². The quantitative estimate of drug-likeness (QED) is 0.534. The van der Waals surface area contributed by atoms with E-state index in [1.165, 1.54) is 0 Å². The number of hydrogen-bond acceptors (Lipinski definition) is 2. The number of halogens is 3. The van der Waals surface area contributed by atoms with Gasteiger partial charge in [-0.25, -0.2) is 0 Å². The molecule has 11 heavy (non-hydrogen) atoms. The largest absolute Gasteiger partial charge is 0.404 e. The maximum Gasteiger partial charge on any atom is 0.404 e. The number of carbonyl (C=O) groups excluding carboxylic acids is 1. The predicted octanol–water partition coefficient (Wildman–Crippen LogP) is -0.0157. The molecule has 1 amide bonds. The van der Waals surface area contributed by atoms with Crippen molar-refractivity contribution in [1.29, 1.82) is 0 Å². The first-order valence-electron chi connectivity index (χ1n) is 3.07. The highest BCUT2D eigenvalue weighted by molar-refractivity contribution is 5.77. The van der Waals surface area contributed by atoms with Crippen LogP contribution in [0.5, 0.6) is 0 Å². The highest BCUT2D eigenvalue weighted by Crippen LogP contribution is 2.22. The van der Waals surface area contributed by atoms with Gasteiger partial charge in [-0.1, -0.05) is 0 Å². The smallest absolute Gasteiger partial charge is 0.343 e. The summed E-state index contributed by atoms with van der Waals surface area (Å²) >= 11 is 0. The van der Waals surface area contributed by atoms with Crippen LogP contribution in [0.1, 0.15) is 6.42 Å². The summed E-state index contributed by atoms with van der Waals surface area (Å²) in [5.41, 5.74) is 0.